The van der Waals surface area contributed by atoms with Gasteiger partial charge in [-0.25, -0.2) is 4.98 Å². The predicted octanol–water partition coefficient (Wildman–Crippen LogP) is 1.89. The molecule has 0 atom stereocenters. The maximum atomic E-state index is 5.42. The molecule has 0 saturated carbocycles. The SMILES string of the molecule is CCc1cccc(N)n1.Nc1cccnc1. The zero-order valence-corrected chi connectivity index (χ0v) is 9.30. The molecule has 0 bridgehead atoms. The average molecular weight is 216 g/mol. The fourth-order valence-corrected chi connectivity index (χ4v) is 1.07. The highest BCUT2D eigenvalue weighted by atomic mass is 14.8. The van der Waals surface area contributed by atoms with E-state index in [4.69, 9.17) is 11.5 Å². The first kappa shape index (κ1) is 12.0. The van der Waals surface area contributed by atoms with Gasteiger partial charge in [0, 0.05) is 18.1 Å². The minimum Gasteiger partial charge on any atom is -0.397 e. The molecule has 0 unspecified atom stereocenters. The summed E-state index contributed by atoms with van der Waals surface area (Å²) >= 11 is 0. The van der Waals surface area contributed by atoms with Crippen LogP contribution in [-0.2, 0) is 6.42 Å². The van der Waals surface area contributed by atoms with E-state index >= 15 is 0 Å². The monoisotopic (exact) mass is 216 g/mol. The second-order valence-electron chi connectivity index (χ2n) is 3.19. The largest absolute Gasteiger partial charge is 0.397 e. The Labute approximate surface area is 95.3 Å². The molecular weight excluding hydrogens is 200 g/mol. The van der Waals surface area contributed by atoms with Crippen molar-refractivity contribution in [2.75, 3.05) is 11.5 Å². The zero-order chi connectivity index (χ0) is 11.8. The van der Waals surface area contributed by atoms with E-state index in [-0.39, 0.29) is 0 Å². The van der Waals surface area contributed by atoms with Crippen molar-refractivity contribution in [1.29, 1.82) is 0 Å². The van der Waals surface area contributed by atoms with Gasteiger partial charge < -0.3 is 11.5 Å². The Balaban J connectivity index is 0.000000165. The van der Waals surface area contributed by atoms with Gasteiger partial charge in [-0.05, 0) is 30.7 Å². The van der Waals surface area contributed by atoms with Gasteiger partial charge in [-0.15, -0.1) is 0 Å². The molecule has 2 rings (SSSR count). The van der Waals surface area contributed by atoms with Crippen molar-refractivity contribution in [2.45, 2.75) is 13.3 Å². The van der Waals surface area contributed by atoms with Gasteiger partial charge in [0.1, 0.15) is 5.82 Å². The highest BCUT2D eigenvalue weighted by Gasteiger charge is 1.87. The second kappa shape index (κ2) is 6.40. The van der Waals surface area contributed by atoms with Gasteiger partial charge in [0.05, 0.1) is 5.69 Å². The van der Waals surface area contributed by atoms with Crippen LogP contribution in [0.25, 0.3) is 0 Å². The fourth-order valence-electron chi connectivity index (χ4n) is 1.07. The van der Waals surface area contributed by atoms with Gasteiger partial charge in [-0.2, -0.15) is 0 Å². The maximum Gasteiger partial charge on any atom is 0.123 e. The van der Waals surface area contributed by atoms with Crippen LogP contribution in [0.15, 0.2) is 42.7 Å². The minimum absolute atomic E-state index is 0.606. The van der Waals surface area contributed by atoms with Crippen molar-refractivity contribution in [3.8, 4) is 0 Å². The van der Waals surface area contributed by atoms with E-state index in [1.165, 1.54) is 0 Å². The number of hydrogen-bond acceptors (Lipinski definition) is 4. The van der Waals surface area contributed by atoms with Gasteiger partial charge in [0.2, 0.25) is 0 Å². The van der Waals surface area contributed by atoms with Crippen molar-refractivity contribution >= 4 is 11.5 Å². The number of nitrogens with two attached hydrogens (primary N) is 2. The Hall–Kier alpha value is -2.10. The molecule has 0 amide bonds. The summed E-state index contributed by atoms with van der Waals surface area (Å²) < 4.78 is 0. The fraction of sp³-hybridized carbons (Fsp3) is 0.167. The molecule has 16 heavy (non-hydrogen) atoms. The highest BCUT2D eigenvalue weighted by molar-refractivity contribution is 5.32. The lowest BCUT2D eigenvalue weighted by Crippen LogP contribution is -1.92. The Morgan fingerprint density at radius 2 is 1.94 bits per heavy atom. The van der Waals surface area contributed by atoms with Crippen LogP contribution in [0.3, 0.4) is 0 Å². The zero-order valence-electron chi connectivity index (χ0n) is 9.30. The predicted molar refractivity (Wildman–Crippen MR) is 66.7 cm³/mol. The van der Waals surface area contributed by atoms with Gasteiger partial charge >= 0.3 is 0 Å². The third-order valence-corrected chi connectivity index (χ3v) is 1.87. The van der Waals surface area contributed by atoms with Crippen LogP contribution in [0.1, 0.15) is 12.6 Å². The Morgan fingerprint density at radius 3 is 2.31 bits per heavy atom. The maximum absolute atomic E-state index is 5.42. The van der Waals surface area contributed by atoms with Crippen LogP contribution >= 0.6 is 0 Å². The molecule has 0 spiro atoms. The molecule has 0 fully saturated rings. The summed E-state index contributed by atoms with van der Waals surface area (Å²) in [5.41, 5.74) is 12.5. The number of nitrogen functional groups attached to an aromatic ring is 2. The summed E-state index contributed by atoms with van der Waals surface area (Å²) in [6, 6.07) is 9.28. The highest BCUT2D eigenvalue weighted by Crippen LogP contribution is 1.99. The number of nitrogens with zero attached hydrogens (tertiary/aromatic N) is 2. The number of aryl methyl sites for hydroxylation is 1. The molecule has 0 aliphatic carbocycles. The topological polar surface area (TPSA) is 77.8 Å². The number of aromatic nitrogens is 2. The second-order valence-corrected chi connectivity index (χ2v) is 3.19. The normalized spacial score (nSPS) is 9.06. The van der Waals surface area contributed by atoms with Crippen molar-refractivity contribution in [3.63, 3.8) is 0 Å². The molecule has 4 heteroatoms. The van der Waals surface area contributed by atoms with E-state index in [1.54, 1.807) is 30.6 Å². The molecule has 84 valence electrons. The molecular formula is C12H16N4. The van der Waals surface area contributed by atoms with E-state index in [9.17, 15) is 0 Å². The van der Waals surface area contributed by atoms with Gasteiger partial charge in [-0.1, -0.05) is 13.0 Å². The quantitative estimate of drug-likeness (QED) is 0.763. The average Bonchev–Trinajstić information content (AvgIpc) is 2.31. The van der Waals surface area contributed by atoms with E-state index in [0.717, 1.165) is 12.1 Å². The van der Waals surface area contributed by atoms with Crippen LogP contribution in [0.5, 0.6) is 0 Å². The summed E-state index contributed by atoms with van der Waals surface area (Å²) in [6.07, 6.45) is 4.25. The molecule has 2 aromatic rings. The summed E-state index contributed by atoms with van der Waals surface area (Å²) in [7, 11) is 0. The molecule has 4 N–H and O–H groups in total. The van der Waals surface area contributed by atoms with E-state index in [2.05, 4.69) is 16.9 Å². The van der Waals surface area contributed by atoms with Gasteiger partial charge in [0.25, 0.3) is 0 Å². The lowest BCUT2D eigenvalue weighted by molar-refractivity contribution is 1.04. The van der Waals surface area contributed by atoms with Crippen molar-refractivity contribution in [1.82, 2.24) is 9.97 Å². The molecule has 0 aliphatic rings. The summed E-state index contributed by atoms with van der Waals surface area (Å²) in [6.45, 7) is 2.06. The van der Waals surface area contributed by atoms with Crippen LogP contribution in [0.2, 0.25) is 0 Å². The summed E-state index contributed by atoms with van der Waals surface area (Å²) in [5, 5.41) is 0. The van der Waals surface area contributed by atoms with E-state index < -0.39 is 0 Å². The van der Waals surface area contributed by atoms with Crippen LogP contribution in [0.4, 0.5) is 11.5 Å². The van der Waals surface area contributed by atoms with Crippen molar-refractivity contribution in [3.05, 3.63) is 48.4 Å². The van der Waals surface area contributed by atoms with Crippen molar-refractivity contribution < 1.29 is 0 Å². The number of rotatable bonds is 1. The number of anilines is 2. The first-order valence-corrected chi connectivity index (χ1v) is 5.09. The lowest BCUT2D eigenvalue weighted by atomic mass is 10.3. The van der Waals surface area contributed by atoms with Crippen molar-refractivity contribution in [2.24, 2.45) is 0 Å². The standard InChI is InChI=1S/C7H10N2.C5H6N2/c1-2-6-4-3-5-7(8)9-6;6-5-2-1-3-7-4-5/h3-5H,2H2,1H3,(H2,8,9);1-4H,6H2. The van der Waals surface area contributed by atoms with Crippen LogP contribution in [-0.4, -0.2) is 9.97 Å². The Kier molecular flexibility index (Phi) is 4.79. The Bertz CT molecular complexity index is 414. The van der Waals surface area contributed by atoms with Gasteiger partial charge in [-0.3, -0.25) is 4.98 Å². The first-order chi connectivity index (χ1) is 7.72. The smallest absolute Gasteiger partial charge is 0.123 e. The first-order valence-electron chi connectivity index (χ1n) is 5.09. The molecule has 4 nitrogen and oxygen atoms in total. The summed E-state index contributed by atoms with van der Waals surface area (Å²) in [5.74, 6) is 0.606. The van der Waals surface area contributed by atoms with Gasteiger partial charge in [0.15, 0.2) is 0 Å². The summed E-state index contributed by atoms with van der Waals surface area (Å²) in [4.78, 5) is 7.83. The minimum atomic E-state index is 0.606. The van der Waals surface area contributed by atoms with Crippen LogP contribution < -0.4 is 11.5 Å². The molecule has 2 heterocycles. The molecule has 0 saturated heterocycles. The number of hydrogen-bond donors (Lipinski definition) is 2. The van der Waals surface area contributed by atoms with E-state index in [0.29, 0.717) is 11.5 Å². The molecule has 0 aliphatic heterocycles. The van der Waals surface area contributed by atoms with E-state index in [1.807, 2.05) is 12.1 Å². The molecule has 2 aromatic heterocycles. The molecule has 0 radical (unpaired) electrons. The lowest BCUT2D eigenvalue weighted by Gasteiger charge is -1.94. The molecule has 0 aromatic carbocycles. The third kappa shape index (κ3) is 4.41. The third-order valence-electron chi connectivity index (χ3n) is 1.87. The number of pyridine rings is 2. The Morgan fingerprint density at radius 1 is 1.12 bits per heavy atom. The van der Waals surface area contributed by atoms with Crippen LogP contribution in [0, 0.1) is 0 Å².